The average Bonchev–Trinajstić information content (AvgIpc) is 2.72. The van der Waals surface area contributed by atoms with Crippen LogP contribution in [0.25, 0.3) is 11.6 Å². The Morgan fingerprint density at radius 2 is 1.71 bits per heavy atom. The number of hydrogen-bond donors (Lipinski definition) is 2. The molecule has 0 radical (unpaired) electrons. The van der Waals surface area contributed by atoms with E-state index in [1.165, 1.54) is 0 Å². The Bertz CT molecular complexity index is 1020. The van der Waals surface area contributed by atoms with Gasteiger partial charge >= 0.3 is 0 Å². The molecular formula is C20H18N6O2. The molecule has 0 unspecified atom stereocenters. The van der Waals surface area contributed by atoms with E-state index in [9.17, 15) is 5.26 Å². The zero-order chi connectivity index (χ0) is 19.9. The van der Waals surface area contributed by atoms with E-state index >= 15 is 0 Å². The number of nitrogen functional groups attached to an aromatic ring is 1. The standard InChI is InChI=1S/C20H18N6O2/c1-27-16-9-13(10-17(11-16)28-2)8-14(12-21)18-24-19(22)26-20(25-18)23-15-6-4-3-5-7-15/h3-11H,1-2H3,(H3,22,23,24,25,26)/b14-8+. The number of para-hydroxylation sites is 1. The van der Waals surface area contributed by atoms with Crippen LogP contribution in [0.1, 0.15) is 11.4 Å². The highest BCUT2D eigenvalue weighted by Crippen LogP contribution is 2.25. The summed E-state index contributed by atoms with van der Waals surface area (Å²) in [5.41, 5.74) is 7.52. The molecule has 0 saturated carbocycles. The lowest BCUT2D eigenvalue weighted by Crippen LogP contribution is -2.06. The third-order valence-corrected chi connectivity index (χ3v) is 3.73. The Balaban J connectivity index is 1.99. The van der Waals surface area contributed by atoms with E-state index in [4.69, 9.17) is 15.2 Å². The summed E-state index contributed by atoms with van der Waals surface area (Å²) in [5.74, 6) is 1.62. The molecule has 140 valence electrons. The minimum atomic E-state index is 0.00723. The van der Waals surface area contributed by atoms with Crippen molar-refractivity contribution in [1.29, 1.82) is 5.26 Å². The number of benzene rings is 2. The second-order valence-corrected chi connectivity index (χ2v) is 5.65. The van der Waals surface area contributed by atoms with Gasteiger partial charge in [0.15, 0.2) is 5.82 Å². The van der Waals surface area contributed by atoms with E-state index in [0.29, 0.717) is 17.1 Å². The van der Waals surface area contributed by atoms with E-state index in [1.54, 1.807) is 38.5 Å². The van der Waals surface area contributed by atoms with Gasteiger partial charge in [-0.25, -0.2) is 0 Å². The maximum atomic E-state index is 9.62. The van der Waals surface area contributed by atoms with Crippen molar-refractivity contribution in [3.05, 3.63) is 59.9 Å². The average molecular weight is 374 g/mol. The van der Waals surface area contributed by atoms with Crippen LogP contribution in [-0.2, 0) is 0 Å². The first-order valence-corrected chi connectivity index (χ1v) is 8.30. The molecular weight excluding hydrogens is 356 g/mol. The Morgan fingerprint density at radius 1 is 1.04 bits per heavy atom. The Labute approximate surface area is 162 Å². The van der Waals surface area contributed by atoms with Crippen molar-refractivity contribution in [3.63, 3.8) is 0 Å². The fourth-order valence-corrected chi connectivity index (χ4v) is 2.45. The molecule has 3 rings (SSSR count). The first-order chi connectivity index (χ1) is 13.6. The van der Waals surface area contributed by atoms with Crippen LogP contribution in [0.4, 0.5) is 17.6 Å². The number of hydrogen-bond acceptors (Lipinski definition) is 8. The molecule has 8 heteroatoms. The Hall–Kier alpha value is -4.12. The predicted octanol–water partition coefficient (Wildman–Crippen LogP) is 3.28. The van der Waals surface area contributed by atoms with E-state index in [0.717, 1.165) is 5.69 Å². The van der Waals surface area contributed by atoms with Crippen LogP contribution in [0.5, 0.6) is 11.5 Å². The van der Waals surface area contributed by atoms with Crippen LogP contribution in [0.3, 0.4) is 0 Å². The lowest BCUT2D eigenvalue weighted by atomic mass is 10.1. The molecule has 1 heterocycles. The molecule has 0 saturated heterocycles. The second-order valence-electron chi connectivity index (χ2n) is 5.65. The fraction of sp³-hybridized carbons (Fsp3) is 0.100. The predicted molar refractivity (Wildman–Crippen MR) is 107 cm³/mol. The van der Waals surface area contributed by atoms with Crippen molar-refractivity contribution in [1.82, 2.24) is 15.0 Å². The highest BCUT2D eigenvalue weighted by atomic mass is 16.5. The molecule has 0 aliphatic heterocycles. The number of methoxy groups -OCH3 is 2. The van der Waals surface area contributed by atoms with Gasteiger partial charge in [-0.3, -0.25) is 0 Å². The maximum absolute atomic E-state index is 9.62. The Morgan fingerprint density at radius 3 is 2.32 bits per heavy atom. The number of aromatic nitrogens is 3. The highest BCUT2D eigenvalue weighted by Gasteiger charge is 2.11. The van der Waals surface area contributed by atoms with Crippen molar-refractivity contribution in [2.45, 2.75) is 0 Å². The van der Waals surface area contributed by atoms with Crippen LogP contribution in [-0.4, -0.2) is 29.2 Å². The summed E-state index contributed by atoms with van der Waals surface area (Å²) in [5, 5.41) is 12.7. The largest absolute Gasteiger partial charge is 0.497 e. The highest BCUT2D eigenvalue weighted by molar-refractivity contribution is 5.87. The minimum Gasteiger partial charge on any atom is -0.497 e. The number of nitrogens with zero attached hydrogens (tertiary/aromatic N) is 4. The SMILES string of the molecule is COc1cc(/C=C(\C#N)c2nc(N)nc(Nc3ccccc3)n2)cc(OC)c1. The molecule has 0 aliphatic carbocycles. The van der Waals surface area contributed by atoms with Crippen molar-refractivity contribution >= 4 is 29.2 Å². The summed E-state index contributed by atoms with van der Waals surface area (Å²) in [6, 6.07) is 16.8. The number of nitrogens with two attached hydrogens (primary N) is 1. The first-order valence-electron chi connectivity index (χ1n) is 8.30. The molecule has 1 aromatic heterocycles. The minimum absolute atomic E-state index is 0.00723. The lowest BCUT2D eigenvalue weighted by molar-refractivity contribution is 0.394. The summed E-state index contributed by atoms with van der Waals surface area (Å²) in [4.78, 5) is 12.5. The van der Waals surface area contributed by atoms with Crippen LogP contribution in [0, 0.1) is 11.3 Å². The van der Waals surface area contributed by atoms with E-state index in [1.807, 2.05) is 30.3 Å². The third-order valence-electron chi connectivity index (χ3n) is 3.73. The van der Waals surface area contributed by atoms with Crippen molar-refractivity contribution in [3.8, 4) is 17.6 Å². The molecule has 0 aliphatic rings. The number of rotatable bonds is 6. The van der Waals surface area contributed by atoms with Crippen molar-refractivity contribution in [2.24, 2.45) is 0 Å². The fourth-order valence-electron chi connectivity index (χ4n) is 2.45. The van der Waals surface area contributed by atoms with Gasteiger partial charge in [0.05, 0.1) is 19.8 Å². The summed E-state index contributed by atoms with van der Waals surface area (Å²) < 4.78 is 10.5. The van der Waals surface area contributed by atoms with Gasteiger partial charge in [-0.15, -0.1) is 0 Å². The van der Waals surface area contributed by atoms with Gasteiger partial charge in [0.1, 0.15) is 17.6 Å². The second kappa shape index (κ2) is 8.51. The van der Waals surface area contributed by atoms with Crippen LogP contribution >= 0.6 is 0 Å². The van der Waals surface area contributed by atoms with E-state index in [-0.39, 0.29) is 23.3 Å². The molecule has 2 aromatic carbocycles. The number of ether oxygens (including phenoxy) is 2. The molecule has 0 spiro atoms. The normalized spacial score (nSPS) is 10.8. The van der Waals surface area contributed by atoms with Crippen LogP contribution < -0.4 is 20.5 Å². The van der Waals surface area contributed by atoms with Gasteiger partial charge in [-0.1, -0.05) is 18.2 Å². The molecule has 0 amide bonds. The lowest BCUT2D eigenvalue weighted by Gasteiger charge is -2.08. The molecule has 8 nitrogen and oxygen atoms in total. The number of nitriles is 1. The van der Waals surface area contributed by atoms with Gasteiger partial charge in [0, 0.05) is 11.8 Å². The summed E-state index contributed by atoms with van der Waals surface area (Å²) in [7, 11) is 3.11. The van der Waals surface area contributed by atoms with Crippen molar-refractivity contribution < 1.29 is 9.47 Å². The van der Waals surface area contributed by atoms with Gasteiger partial charge in [-0.05, 0) is 35.9 Å². The summed E-state index contributed by atoms with van der Waals surface area (Å²) in [6.45, 7) is 0. The molecule has 28 heavy (non-hydrogen) atoms. The summed E-state index contributed by atoms with van der Waals surface area (Å²) >= 11 is 0. The van der Waals surface area contributed by atoms with Gasteiger partial charge < -0.3 is 20.5 Å². The molecule has 3 N–H and O–H groups in total. The van der Waals surface area contributed by atoms with Crippen LogP contribution in [0.2, 0.25) is 0 Å². The molecule has 0 atom stereocenters. The first kappa shape index (κ1) is 18.7. The molecule has 3 aromatic rings. The quantitative estimate of drug-likeness (QED) is 0.631. The van der Waals surface area contributed by atoms with Gasteiger partial charge in [0.2, 0.25) is 11.9 Å². The monoisotopic (exact) mass is 374 g/mol. The van der Waals surface area contributed by atoms with Gasteiger partial charge in [-0.2, -0.15) is 20.2 Å². The number of allylic oxidation sites excluding steroid dienone is 1. The van der Waals surface area contributed by atoms with Crippen molar-refractivity contribution in [2.75, 3.05) is 25.3 Å². The third kappa shape index (κ3) is 4.53. The Kier molecular flexibility index (Phi) is 5.67. The topological polar surface area (TPSA) is 119 Å². The molecule has 0 bridgehead atoms. The zero-order valence-electron chi connectivity index (χ0n) is 15.4. The van der Waals surface area contributed by atoms with Gasteiger partial charge in [0.25, 0.3) is 0 Å². The smallest absolute Gasteiger partial charge is 0.232 e. The van der Waals surface area contributed by atoms with E-state index < -0.39 is 0 Å². The number of nitrogens with one attached hydrogen (secondary N) is 1. The number of anilines is 3. The summed E-state index contributed by atoms with van der Waals surface area (Å²) in [6.07, 6.45) is 1.63. The van der Waals surface area contributed by atoms with E-state index in [2.05, 4.69) is 26.3 Å². The maximum Gasteiger partial charge on any atom is 0.232 e. The zero-order valence-corrected chi connectivity index (χ0v) is 15.4. The molecule has 0 fully saturated rings. The van der Waals surface area contributed by atoms with Crippen LogP contribution in [0.15, 0.2) is 48.5 Å².